The van der Waals surface area contributed by atoms with Crippen LogP contribution in [0, 0.1) is 0 Å². The molecule has 0 heterocycles. The van der Waals surface area contributed by atoms with Gasteiger partial charge in [0.2, 0.25) is 9.05 Å². The summed E-state index contributed by atoms with van der Waals surface area (Å²) in [6.07, 6.45) is 0. The van der Waals surface area contributed by atoms with Crippen molar-refractivity contribution < 1.29 is 8.42 Å². The molecule has 1 aromatic carbocycles. The number of benzene rings is 1. The third kappa shape index (κ3) is 4.70. The van der Waals surface area contributed by atoms with Crippen LogP contribution in [0.1, 0.15) is 11.1 Å². The Morgan fingerprint density at radius 2 is 1.94 bits per heavy atom. The van der Waals surface area contributed by atoms with Crippen molar-refractivity contribution >= 4 is 31.3 Å². The predicted octanol–water partition coefficient (Wildman–Crippen LogP) is 2.47. The topological polar surface area (TPSA) is 37.4 Å². The summed E-state index contributed by atoms with van der Waals surface area (Å²) >= 11 is 6.04. The summed E-state index contributed by atoms with van der Waals surface area (Å²) in [4.78, 5) is 1.99. The van der Waals surface area contributed by atoms with Gasteiger partial charge >= 0.3 is 0 Å². The van der Waals surface area contributed by atoms with Gasteiger partial charge in [-0.25, -0.2) is 8.42 Å². The van der Waals surface area contributed by atoms with E-state index in [0.29, 0.717) is 17.1 Å². The molecule has 0 bridgehead atoms. The highest BCUT2D eigenvalue weighted by Crippen LogP contribution is 2.21. The molecule has 0 fully saturated rings. The average molecular weight is 282 g/mol. The lowest BCUT2D eigenvalue weighted by molar-refractivity contribution is 0.402. The van der Waals surface area contributed by atoms with Crippen LogP contribution < -0.4 is 0 Å². The first kappa shape index (κ1) is 13.8. The molecule has 0 spiro atoms. The van der Waals surface area contributed by atoms with Gasteiger partial charge in [-0.2, -0.15) is 0 Å². The minimum Gasteiger partial charge on any atom is -0.305 e. The highest BCUT2D eigenvalue weighted by atomic mass is 35.7. The summed E-state index contributed by atoms with van der Waals surface area (Å²) in [5.41, 5.74) is 1.56. The molecule has 0 radical (unpaired) electrons. The van der Waals surface area contributed by atoms with E-state index in [4.69, 9.17) is 22.3 Å². The zero-order valence-corrected chi connectivity index (χ0v) is 11.4. The fourth-order valence-electron chi connectivity index (χ4n) is 1.35. The van der Waals surface area contributed by atoms with Gasteiger partial charge in [-0.05, 0) is 31.3 Å². The van der Waals surface area contributed by atoms with E-state index in [1.807, 2.05) is 25.1 Å². The Morgan fingerprint density at radius 3 is 2.38 bits per heavy atom. The van der Waals surface area contributed by atoms with Gasteiger partial charge in [0.25, 0.3) is 0 Å². The monoisotopic (exact) mass is 281 g/mol. The third-order valence-electron chi connectivity index (χ3n) is 1.94. The van der Waals surface area contributed by atoms with Crippen molar-refractivity contribution in [1.29, 1.82) is 0 Å². The van der Waals surface area contributed by atoms with E-state index in [1.165, 1.54) is 0 Å². The molecule has 0 atom stereocenters. The maximum atomic E-state index is 10.9. The summed E-state index contributed by atoms with van der Waals surface area (Å²) < 4.78 is 21.8. The Balaban J connectivity index is 2.91. The van der Waals surface area contributed by atoms with Gasteiger partial charge in [-0.3, -0.25) is 0 Å². The van der Waals surface area contributed by atoms with Crippen molar-refractivity contribution in [3.8, 4) is 0 Å². The molecule has 0 amide bonds. The molecule has 1 rings (SSSR count). The SMILES string of the molecule is CN(C)Cc1ccc(CS(=O)(=O)Cl)cc1Cl. The van der Waals surface area contributed by atoms with Crippen LogP contribution in [0.3, 0.4) is 0 Å². The molecule has 1 aromatic rings. The molecule has 0 aliphatic rings. The molecule has 0 unspecified atom stereocenters. The standard InChI is InChI=1S/C10H13Cl2NO2S/c1-13(2)6-9-4-3-8(5-10(9)11)7-16(12,14)15/h3-5H,6-7H2,1-2H3. The van der Waals surface area contributed by atoms with E-state index < -0.39 is 9.05 Å². The van der Waals surface area contributed by atoms with Crippen molar-refractivity contribution in [3.05, 3.63) is 34.3 Å². The molecule has 0 N–H and O–H groups in total. The Hall–Kier alpha value is -0.290. The van der Waals surface area contributed by atoms with Crippen molar-refractivity contribution in [2.24, 2.45) is 0 Å². The summed E-state index contributed by atoms with van der Waals surface area (Å²) in [7, 11) is 5.51. The van der Waals surface area contributed by atoms with Crippen LogP contribution >= 0.6 is 22.3 Å². The summed E-state index contributed by atoms with van der Waals surface area (Å²) in [6, 6.07) is 5.19. The molecule has 0 saturated heterocycles. The quantitative estimate of drug-likeness (QED) is 0.796. The first-order chi connectivity index (χ1) is 7.28. The zero-order chi connectivity index (χ0) is 12.3. The van der Waals surface area contributed by atoms with Crippen LogP contribution in [0.4, 0.5) is 0 Å². The second-order valence-electron chi connectivity index (χ2n) is 3.85. The van der Waals surface area contributed by atoms with E-state index in [1.54, 1.807) is 12.1 Å². The van der Waals surface area contributed by atoms with Crippen LogP contribution in [0.25, 0.3) is 0 Å². The predicted molar refractivity (Wildman–Crippen MR) is 67.3 cm³/mol. The fraction of sp³-hybridized carbons (Fsp3) is 0.400. The minimum absolute atomic E-state index is 0.198. The lowest BCUT2D eigenvalue weighted by Gasteiger charge is -2.11. The van der Waals surface area contributed by atoms with Crippen molar-refractivity contribution in [1.82, 2.24) is 4.90 Å². The van der Waals surface area contributed by atoms with Crippen molar-refractivity contribution in [2.45, 2.75) is 12.3 Å². The number of rotatable bonds is 4. The average Bonchev–Trinajstić information content (AvgIpc) is 2.06. The van der Waals surface area contributed by atoms with Crippen LogP contribution in [0.15, 0.2) is 18.2 Å². The first-order valence-electron chi connectivity index (χ1n) is 4.62. The molecule has 3 nitrogen and oxygen atoms in total. The Kier molecular flexibility index (Phi) is 4.62. The molecular weight excluding hydrogens is 269 g/mol. The van der Waals surface area contributed by atoms with Crippen LogP contribution in [0.2, 0.25) is 5.02 Å². The van der Waals surface area contributed by atoms with Gasteiger partial charge in [-0.15, -0.1) is 0 Å². The molecule has 0 aromatic heterocycles. The van der Waals surface area contributed by atoms with Crippen molar-refractivity contribution in [2.75, 3.05) is 14.1 Å². The maximum absolute atomic E-state index is 10.9. The maximum Gasteiger partial charge on any atom is 0.236 e. The molecule has 16 heavy (non-hydrogen) atoms. The Bertz CT molecular complexity index is 472. The van der Waals surface area contributed by atoms with Crippen LogP contribution in [-0.2, 0) is 21.3 Å². The van der Waals surface area contributed by atoms with E-state index in [-0.39, 0.29) is 5.75 Å². The second kappa shape index (κ2) is 5.36. The Morgan fingerprint density at radius 1 is 1.31 bits per heavy atom. The number of hydrogen-bond acceptors (Lipinski definition) is 3. The van der Waals surface area contributed by atoms with Gasteiger partial charge in [0.1, 0.15) is 0 Å². The molecule has 0 aliphatic heterocycles. The number of nitrogens with zero attached hydrogens (tertiary/aromatic N) is 1. The molecule has 90 valence electrons. The van der Waals surface area contributed by atoms with Crippen molar-refractivity contribution in [3.63, 3.8) is 0 Å². The van der Waals surface area contributed by atoms with E-state index in [0.717, 1.165) is 5.56 Å². The van der Waals surface area contributed by atoms with Crippen LogP contribution in [-0.4, -0.2) is 27.4 Å². The second-order valence-corrected chi connectivity index (χ2v) is 7.03. The van der Waals surface area contributed by atoms with Gasteiger partial charge in [0.15, 0.2) is 0 Å². The highest BCUT2D eigenvalue weighted by molar-refractivity contribution is 8.13. The van der Waals surface area contributed by atoms with Gasteiger partial charge in [-0.1, -0.05) is 23.7 Å². The lowest BCUT2D eigenvalue weighted by atomic mass is 10.1. The number of hydrogen-bond donors (Lipinski definition) is 0. The molecule has 6 heteroatoms. The highest BCUT2D eigenvalue weighted by Gasteiger charge is 2.09. The largest absolute Gasteiger partial charge is 0.305 e. The fourth-order valence-corrected chi connectivity index (χ4v) is 2.57. The summed E-state index contributed by atoms with van der Waals surface area (Å²) in [5.74, 6) is -0.198. The Labute approximate surface area is 105 Å². The van der Waals surface area contributed by atoms with E-state index >= 15 is 0 Å². The third-order valence-corrected chi connectivity index (χ3v) is 3.30. The van der Waals surface area contributed by atoms with Gasteiger partial charge < -0.3 is 4.90 Å². The van der Waals surface area contributed by atoms with Gasteiger partial charge in [0, 0.05) is 22.2 Å². The molecule has 0 saturated carbocycles. The zero-order valence-electron chi connectivity index (χ0n) is 9.07. The summed E-state index contributed by atoms with van der Waals surface area (Å²) in [5, 5.41) is 0.562. The van der Waals surface area contributed by atoms with Crippen LogP contribution in [0.5, 0.6) is 0 Å². The normalized spacial score (nSPS) is 12.1. The first-order valence-corrected chi connectivity index (χ1v) is 7.48. The van der Waals surface area contributed by atoms with E-state index in [9.17, 15) is 8.42 Å². The summed E-state index contributed by atoms with van der Waals surface area (Å²) in [6.45, 7) is 0.715. The van der Waals surface area contributed by atoms with E-state index in [2.05, 4.69) is 0 Å². The number of halogens is 2. The molecule has 0 aliphatic carbocycles. The minimum atomic E-state index is -3.53. The lowest BCUT2D eigenvalue weighted by Crippen LogP contribution is -2.11. The molecular formula is C10H13Cl2NO2S. The smallest absolute Gasteiger partial charge is 0.236 e. The van der Waals surface area contributed by atoms with Gasteiger partial charge in [0.05, 0.1) is 5.75 Å².